The first-order chi connectivity index (χ1) is 16.4. The van der Waals surface area contributed by atoms with E-state index in [0.29, 0.717) is 43.3 Å². The number of alkyl halides is 2. The van der Waals surface area contributed by atoms with Crippen LogP contribution in [0, 0.1) is 0 Å². The van der Waals surface area contributed by atoms with Crippen molar-refractivity contribution in [1.82, 2.24) is 24.3 Å². The molecule has 192 valence electrons. The first kappa shape index (κ1) is 24.6. The molecule has 3 fully saturated rings. The quantitative estimate of drug-likeness (QED) is 0.547. The standard InChI is InChI=1S/C24H32ClF2N5O3/c1-22(2,3)35-21(33)30-10-7-23(8-11-30)13-24(26,27)14-31(23)12-16-4-5-18(34-16)32-9-6-17-19(25)28-15-29-20(17)32/h6,9,15-16,18H,4-5,7-8,10-14H2,1-3H3. The Hall–Kier alpha value is -2.04. The highest BCUT2D eigenvalue weighted by molar-refractivity contribution is 6.33. The molecule has 2 atom stereocenters. The van der Waals surface area contributed by atoms with Gasteiger partial charge in [0.15, 0.2) is 0 Å². The number of fused-ring (bicyclic) bond motifs is 1. The Kier molecular flexibility index (Phi) is 6.21. The lowest BCUT2D eigenvalue weighted by atomic mass is 9.84. The van der Waals surface area contributed by atoms with Crippen molar-refractivity contribution in [2.45, 2.75) is 82.3 Å². The lowest BCUT2D eigenvalue weighted by molar-refractivity contribution is -0.0376. The second-order valence-electron chi connectivity index (χ2n) is 11.0. The minimum atomic E-state index is -2.75. The summed E-state index contributed by atoms with van der Waals surface area (Å²) in [6.45, 7) is 6.44. The molecule has 8 nitrogen and oxygen atoms in total. The van der Waals surface area contributed by atoms with Crippen LogP contribution in [0.4, 0.5) is 13.6 Å². The van der Waals surface area contributed by atoms with Crippen LogP contribution in [0.25, 0.3) is 11.0 Å². The average molecular weight is 512 g/mol. The number of halogens is 3. The lowest BCUT2D eigenvalue weighted by Gasteiger charge is -2.45. The SMILES string of the molecule is CC(C)(C)OC(=O)N1CCC2(CC1)CC(F)(F)CN2CC1CCC(n2ccc3c(Cl)ncnc32)O1. The molecule has 2 unspecified atom stereocenters. The summed E-state index contributed by atoms with van der Waals surface area (Å²) in [5.41, 5.74) is -0.517. The molecule has 35 heavy (non-hydrogen) atoms. The molecule has 3 aliphatic heterocycles. The number of hydrogen-bond donors (Lipinski definition) is 0. The van der Waals surface area contributed by atoms with Crippen LogP contribution in [0.2, 0.25) is 5.15 Å². The maximum absolute atomic E-state index is 14.7. The molecule has 11 heteroatoms. The van der Waals surface area contributed by atoms with Gasteiger partial charge < -0.3 is 18.9 Å². The number of likely N-dealkylation sites (tertiary alicyclic amines) is 2. The largest absolute Gasteiger partial charge is 0.444 e. The first-order valence-electron chi connectivity index (χ1n) is 12.2. The molecule has 0 bridgehead atoms. The van der Waals surface area contributed by atoms with Gasteiger partial charge in [0, 0.05) is 37.8 Å². The van der Waals surface area contributed by atoms with E-state index in [-0.39, 0.29) is 31.4 Å². The molecule has 3 saturated heterocycles. The van der Waals surface area contributed by atoms with E-state index < -0.39 is 17.1 Å². The molecule has 5 heterocycles. The predicted octanol–water partition coefficient (Wildman–Crippen LogP) is 4.87. The van der Waals surface area contributed by atoms with E-state index in [4.69, 9.17) is 21.1 Å². The van der Waals surface area contributed by atoms with E-state index in [0.717, 1.165) is 18.2 Å². The summed E-state index contributed by atoms with van der Waals surface area (Å²) in [5, 5.41) is 1.15. The van der Waals surface area contributed by atoms with Gasteiger partial charge in [-0.3, -0.25) is 4.90 Å². The van der Waals surface area contributed by atoms with E-state index in [2.05, 4.69) is 9.97 Å². The predicted molar refractivity (Wildman–Crippen MR) is 127 cm³/mol. The highest BCUT2D eigenvalue weighted by atomic mass is 35.5. The molecule has 2 aromatic rings. The van der Waals surface area contributed by atoms with E-state index in [1.54, 1.807) is 4.90 Å². The number of piperidine rings is 1. The molecule has 0 aromatic carbocycles. The number of hydrogen-bond acceptors (Lipinski definition) is 6. The summed E-state index contributed by atoms with van der Waals surface area (Å²) >= 11 is 6.17. The van der Waals surface area contributed by atoms with Gasteiger partial charge >= 0.3 is 6.09 Å². The highest BCUT2D eigenvalue weighted by Gasteiger charge is 2.56. The second kappa shape index (κ2) is 8.81. The van der Waals surface area contributed by atoms with Gasteiger partial charge in [0.25, 0.3) is 5.92 Å². The fourth-order valence-corrected chi connectivity index (χ4v) is 5.91. The molecule has 1 spiro atoms. The summed E-state index contributed by atoms with van der Waals surface area (Å²) in [4.78, 5) is 24.4. The fourth-order valence-electron chi connectivity index (χ4n) is 5.72. The number of carbonyl (C=O) groups is 1. The summed E-state index contributed by atoms with van der Waals surface area (Å²) in [6, 6.07) is 1.86. The molecule has 0 N–H and O–H groups in total. The Morgan fingerprint density at radius 3 is 2.71 bits per heavy atom. The van der Waals surface area contributed by atoms with Crippen molar-refractivity contribution in [3.63, 3.8) is 0 Å². The maximum atomic E-state index is 14.7. The van der Waals surface area contributed by atoms with Crippen LogP contribution in [0.15, 0.2) is 18.6 Å². The highest BCUT2D eigenvalue weighted by Crippen LogP contribution is 2.46. The van der Waals surface area contributed by atoms with Gasteiger partial charge in [-0.1, -0.05) is 11.6 Å². The van der Waals surface area contributed by atoms with Gasteiger partial charge in [-0.2, -0.15) is 0 Å². The monoisotopic (exact) mass is 511 g/mol. The van der Waals surface area contributed by atoms with Crippen LogP contribution in [0.1, 0.15) is 59.1 Å². The van der Waals surface area contributed by atoms with Gasteiger partial charge in [0.2, 0.25) is 0 Å². The molecule has 3 aliphatic rings. The average Bonchev–Trinajstić information content (AvgIpc) is 3.44. The third-order valence-electron chi connectivity index (χ3n) is 7.31. The van der Waals surface area contributed by atoms with Crippen LogP contribution < -0.4 is 0 Å². The summed E-state index contributed by atoms with van der Waals surface area (Å²) in [6.07, 6.45) is 4.88. The minimum absolute atomic E-state index is 0.163. The zero-order valence-corrected chi connectivity index (χ0v) is 21.1. The molecule has 0 aliphatic carbocycles. The number of carbonyl (C=O) groups excluding carboxylic acids is 1. The second-order valence-corrected chi connectivity index (χ2v) is 11.4. The normalized spacial score (nSPS) is 26.6. The van der Waals surface area contributed by atoms with Crippen LogP contribution in [0.5, 0.6) is 0 Å². The molecular weight excluding hydrogens is 480 g/mol. The number of aromatic nitrogens is 3. The van der Waals surface area contributed by atoms with Crippen LogP contribution in [-0.4, -0.2) is 79.8 Å². The summed E-state index contributed by atoms with van der Waals surface area (Å²) < 4.78 is 43.1. The van der Waals surface area contributed by atoms with E-state index in [1.165, 1.54) is 6.33 Å². The summed E-state index contributed by atoms with van der Waals surface area (Å²) in [7, 11) is 0. The van der Waals surface area contributed by atoms with Gasteiger partial charge in [-0.05, 0) is 52.5 Å². The Labute approximate surface area is 208 Å². The number of amides is 1. The van der Waals surface area contributed by atoms with Gasteiger partial charge in [-0.15, -0.1) is 0 Å². The van der Waals surface area contributed by atoms with Crippen molar-refractivity contribution in [3.05, 3.63) is 23.7 Å². The number of nitrogens with zero attached hydrogens (tertiary/aromatic N) is 5. The fraction of sp³-hybridized carbons (Fsp3) is 0.708. The van der Waals surface area contributed by atoms with Crippen molar-refractivity contribution in [3.8, 4) is 0 Å². The van der Waals surface area contributed by atoms with Crippen LogP contribution in [0.3, 0.4) is 0 Å². The van der Waals surface area contributed by atoms with Gasteiger partial charge in [0.1, 0.15) is 29.0 Å². The minimum Gasteiger partial charge on any atom is -0.444 e. The van der Waals surface area contributed by atoms with Crippen molar-refractivity contribution in [2.75, 3.05) is 26.2 Å². The van der Waals surface area contributed by atoms with Gasteiger partial charge in [-0.25, -0.2) is 23.5 Å². The maximum Gasteiger partial charge on any atom is 0.410 e. The molecular formula is C24H32ClF2N5O3. The smallest absolute Gasteiger partial charge is 0.410 e. The van der Waals surface area contributed by atoms with Crippen molar-refractivity contribution < 1.29 is 23.0 Å². The van der Waals surface area contributed by atoms with Crippen molar-refractivity contribution >= 4 is 28.7 Å². The topological polar surface area (TPSA) is 72.7 Å². The van der Waals surface area contributed by atoms with Crippen LogP contribution in [-0.2, 0) is 9.47 Å². The molecule has 5 rings (SSSR count). The first-order valence-corrected chi connectivity index (χ1v) is 12.6. The van der Waals surface area contributed by atoms with Crippen molar-refractivity contribution in [2.24, 2.45) is 0 Å². The Balaban J connectivity index is 1.25. The molecule has 2 aromatic heterocycles. The Morgan fingerprint density at radius 2 is 2.00 bits per heavy atom. The molecule has 0 radical (unpaired) electrons. The molecule has 0 saturated carbocycles. The third-order valence-corrected chi connectivity index (χ3v) is 7.61. The Morgan fingerprint density at radius 1 is 1.26 bits per heavy atom. The van der Waals surface area contributed by atoms with Crippen molar-refractivity contribution in [1.29, 1.82) is 0 Å². The lowest BCUT2D eigenvalue weighted by Crippen LogP contribution is -2.55. The van der Waals surface area contributed by atoms with Gasteiger partial charge in [0.05, 0.1) is 18.0 Å². The zero-order chi connectivity index (χ0) is 25.0. The van der Waals surface area contributed by atoms with E-state index in [1.807, 2.05) is 42.5 Å². The third kappa shape index (κ3) is 4.97. The van der Waals surface area contributed by atoms with Crippen LogP contribution >= 0.6 is 11.6 Å². The summed E-state index contributed by atoms with van der Waals surface area (Å²) in [5.74, 6) is -2.75. The Bertz CT molecular complexity index is 1100. The molecule has 1 amide bonds. The number of ether oxygens (including phenoxy) is 2. The van der Waals surface area contributed by atoms with E-state index >= 15 is 0 Å². The van der Waals surface area contributed by atoms with E-state index in [9.17, 15) is 13.6 Å². The number of rotatable bonds is 3. The zero-order valence-electron chi connectivity index (χ0n) is 20.3.